The van der Waals surface area contributed by atoms with E-state index in [1.54, 1.807) is 16.8 Å². The summed E-state index contributed by atoms with van der Waals surface area (Å²) in [6, 6.07) is 22.6. The van der Waals surface area contributed by atoms with Gasteiger partial charge in [0.25, 0.3) is 11.8 Å². The fourth-order valence-corrected chi connectivity index (χ4v) is 4.17. The number of nitrogens with two attached hydrogens (primary N) is 1. The zero-order valence-corrected chi connectivity index (χ0v) is 18.6. The Balaban J connectivity index is 1.56. The minimum absolute atomic E-state index is 0.00704. The molecule has 0 spiro atoms. The van der Waals surface area contributed by atoms with Crippen LogP contribution in [0.1, 0.15) is 32.1 Å². The van der Waals surface area contributed by atoms with Crippen molar-refractivity contribution in [2.24, 2.45) is 5.73 Å². The van der Waals surface area contributed by atoms with Crippen molar-refractivity contribution in [3.63, 3.8) is 0 Å². The predicted molar refractivity (Wildman–Crippen MR) is 129 cm³/mol. The molecule has 0 fully saturated rings. The van der Waals surface area contributed by atoms with Crippen LogP contribution in [0.2, 0.25) is 0 Å². The van der Waals surface area contributed by atoms with E-state index in [0.717, 1.165) is 22.2 Å². The van der Waals surface area contributed by atoms with Gasteiger partial charge in [-0.05, 0) is 42.8 Å². The molecule has 0 aliphatic heterocycles. The summed E-state index contributed by atoms with van der Waals surface area (Å²) in [7, 11) is 0. The fraction of sp³-hybridized carbons (Fsp3) is 0.0769. The summed E-state index contributed by atoms with van der Waals surface area (Å²) < 4.78 is 7.18. The number of aromatic nitrogens is 3. The molecule has 0 saturated carbocycles. The number of nitrogens with zero attached hydrogens (tertiary/aromatic N) is 3. The minimum atomic E-state index is -0.768. The lowest BCUT2D eigenvalue weighted by atomic mass is 10.0. The Morgan fingerprint density at radius 3 is 2.41 bits per heavy atom. The van der Waals surface area contributed by atoms with Gasteiger partial charge >= 0.3 is 0 Å². The number of fused-ring (bicyclic) bond motifs is 1. The fourth-order valence-electron chi connectivity index (χ4n) is 4.17. The molecular formula is C26H21N5O3. The van der Waals surface area contributed by atoms with Crippen molar-refractivity contribution >= 4 is 28.5 Å². The van der Waals surface area contributed by atoms with E-state index in [-0.39, 0.29) is 17.1 Å². The maximum absolute atomic E-state index is 13.1. The number of carbonyl (C=O) groups excluding carboxylic acids is 2. The first-order valence-electron chi connectivity index (χ1n) is 10.7. The summed E-state index contributed by atoms with van der Waals surface area (Å²) >= 11 is 0. The second-order valence-electron chi connectivity index (χ2n) is 7.87. The minimum Gasteiger partial charge on any atom is -0.365 e. The highest BCUT2D eigenvalue weighted by molar-refractivity contribution is 6.15. The van der Waals surface area contributed by atoms with Crippen molar-refractivity contribution in [2.75, 3.05) is 5.32 Å². The summed E-state index contributed by atoms with van der Waals surface area (Å²) in [4.78, 5) is 25.6. The summed E-state index contributed by atoms with van der Waals surface area (Å²) in [6.07, 6.45) is 0. The van der Waals surface area contributed by atoms with E-state index in [2.05, 4.69) is 15.6 Å². The molecular weight excluding hydrogens is 430 g/mol. The van der Waals surface area contributed by atoms with Crippen LogP contribution in [0, 0.1) is 13.8 Å². The number of nitrogens with one attached hydrogen (secondary N) is 1. The molecule has 0 saturated heterocycles. The van der Waals surface area contributed by atoms with Crippen LogP contribution < -0.4 is 11.1 Å². The molecule has 0 radical (unpaired) electrons. The Morgan fingerprint density at radius 2 is 1.65 bits per heavy atom. The van der Waals surface area contributed by atoms with Crippen molar-refractivity contribution in [3.05, 3.63) is 95.3 Å². The smallest absolute Gasteiger partial charge is 0.258 e. The first kappa shape index (κ1) is 21.1. The number of hydrogen-bond donors (Lipinski definition) is 2. The molecule has 3 aromatic carbocycles. The molecule has 5 rings (SSSR count). The molecule has 0 unspecified atom stereocenters. The van der Waals surface area contributed by atoms with Gasteiger partial charge in [-0.1, -0.05) is 59.8 Å². The summed E-state index contributed by atoms with van der Waals surface area (Å²) in [5.41, 5.74) is 9.25. The van der Waals surface area contributed by atoms with E-state index >= 15 is 0 Å². The van der Waals surface area contributed by atoms with Gasteiger partial charge in [-0.3, -0.25) is 14.9 Å². The maximum atomic E-state index is 13.1. The lowest BCUT2D eigenvalue weighted by Gasteiger charge is -2.07. The number of amides is 2. The van der Waals surface area contributed by atoms with Crippen molar-refractivity contribution < 1.29 is 14.1 Å². The average Bonchev–Trinajstić information content (AvgIpc) is 3.38. The highest BCUT2D eigenvalue weighted by Crippen LogP contribution is 2.34. The third-order valence-corrected chi connectivity index (χ3v) is 5.73. The number of carbonyl (C=O) groups is 2. The molecule has 0 atom stereocenters. The number of hydrogen-bond acceptors (Lipinski definition) is 5. The Bertz CT molecular complexity index is 1540. The van der Waals surface area contributed by atoms with Crippen molar-refractivity contribution in [2.45, 2.75) is 13.8 Å². The zero-order valence-electron chi connectivity index (χ0n) is 18.6. The largest absolute Gasteiger partial charge is 0.365 e. The lowest BCUT2D eigenvalue weighted by molar-refractivity contribution is 0.100. The van der Waals surface area contributed by atoms with Crippen LogP contribution in [0.3, 0.4) is 0 Å². The van der Waals surface area contributed by atoms with Crippen LogP contribution in [-0.2, 0) is 0 Å². The third kappa shape index (κ3) is 3.51. The maximum Gasteiger partial charge on any atom is 0.258 e. The number of aryl methyl sites for hydroxylation is 1. The second kappa shape index (κ2) is 8.32. The second-order valence-corrected chi connectivity index (χ2v) is 7.87. The Hall–Kier alpha value is -4.72. The van der Waals surface area contributed by atoms with Crippen LogP contribution in [0.5, 0.6) is 0 Å². The van der Waals surface area contributed by atoms with Gasteiger partial charge < -0.3 is 10.3 Å². The standard InChI is InChI=1S/C26H21N5O3/c1-15-21(16(2)31(29-15)18-11-4-3-5-12-18)23-22(24(27)32)26(34-30-23)28-25(33)20-14-8-10-17-9-6-7-13-19(17)20/h3-14H,1-2H3,(H2,27,32)(H,28,33). The molecule has 0 bridgehead atoms. The first-order valence-corrected chi connectivity index (χ1v) is 10.7. The van der Waals surface area contributed by atoms with Gasteiger partial charge in [-0.25, -0.2) is 4.68 Å². The molecule has 2 amide bonds. The lowest BCUT2D eigenvalue weighted by Crippen LogP contribution is -2.18. The van der Waals surface area contributed by atoms with Crippen molar-refractivity contribution in [1.82, 2.24) is 14.9 Å². The predicted octanol–water partition coefficient (Wildman–Crippen LogP) is 4.65. The summed E-state index contributed by atoms with van der Waals surface area (Å²) in [6.45, 7) is 3.69. The number of anilines is 1. The van der Waals surface area contributed by atoms with E-state index in [1.807, 2.05) is 74.5 Å². The Labute approximate surface area is 195 Å². The average molecular weight is 451 g/mol. The van der Waals surface area contributed by atoms with Crippen LogP contribution in [-0.4, -0.2) is 26.8 Å². The van der Waals surface area contributed by atoms with Gasteiger partial charge in [0, 0.05) is 11.1 Å². The van der Waals surface area contributed by atoms with Gasteiger partial charge in [0.2, 0.25) is 5.88 Å². The first-order chi connectivity index (χ1) is 16.5. The number of primary amides is 1. The molecule has 8 heteroatoms. The molecule has 0 aliphatic rings. The van der Waals surface area contributed by atoms with Crippen molar-refractivity contribution in [1.29, 1.82) is 0 Å². The highest BCUT2D eigenvalue weighted by atomic mass is 16.5. The van der Waals surface area contributed by atoms with Gasteiger partial charge in [0.1, 0.15) is 11.3 Å². The number of benzene rings is 3. The molecule has 2 heterocycles. The summed E-state index contributed by atoms with van der Waals surface area (Å²) in [5.74, 6) is -1.31. The SMILES string of the molecule is Cc1nn(-c2ccccc2)c(C)c1-c1noc(NC(=O)c2cccc3ccccc23)c1C(N)=O. The van der Waals surface area contributed by atoms with Gasteiger partial charge in [0.15, 0.2) is 0 Å². The monoisotopic (exact) mass is 451 g/mol. The number of para-hydroxylation sites is 1. The molecule has 2 aromatic heterocycles. The van der Waals surface area contributed by atoms with E-state index in [1.165, 1.54) is 0 Å². The molecule has 5 aromatic rings. The Kier molecular flexibility index (Phi) is 5.18. The van der Waals surface area contributed by atoms with E-state index in [9.17, 15) is 9.59 Å². The normalized spacial score (nSPS) is 11.0. The van der Waals surface area contributed by atoms with Gasteiger partial charge in [-0.15, -0.1) is 0 Å². The van der Waals surface area contributed by atoms with E-state index < -0.39 is 11.8 Å². The zero-order chi connectivity index (χ0) is 23.8. The molecule has 34 heavy (non-hydrogen) atoms. The van der Waals surface area contributed by atoms with Crippen LogP contribution >= 0.6 is 0 Å². The van der Waals surface area contributed by atoms with Crippen LogP contribution in [0.4, 0.5) is 5.88 Å². The van der Waals surface area contributed by atoms with E-state index in [0.29, 0.717) is 16.8 Å². The van der Waals surface area contributed by atoms with Gasteiger partial charge in [0.05, 0.1) is 17.1 Å². The van der Waals surface area contributed by atoms with Gasteiger partial charge in [-0.2, -0.15) is 5.10 Å². The molecule has 8 nitrogen and oxygen atoms in total. The summed E-state index contributed by atoms with van der Waals surface area (Å²) in [5, 5.41) is 13.1. The third-order valence-electron chi connectivity index (χ3n) is 5.73. The Morgan fingerprint density at radius 1 is 0.941 bits per heavy atom. The molecule has 168 valence electrons. The van der Waals surface area contributed by atoms with Crippen molar-refractivity contribution in [3.8, 4) is 16.9 Å². The number of rotatable bonds is 5. The van der Waals surface area contributed by atoms with Crippen LogP contribution in [0.25, 0.3) is 27.7 Å². The molecule has 3 N–H and O–H groups in total. The molecule has 0 aliphatic carbocycles. The van der Waals surface area contributed by atoms with E-state index in [4.69, 9.17) is 10.3 Å². The quantitative estimate of drug-likeness (QED) is 0.404. The highest BCUT2D eigenvalue weighted by Gasteiger charge is 2.28. The topological polar surface area (TPSA) is 116 Å². The van der Waals surface area contributed by atoms with Crippen LogP contribution in [0.15, 0.2) is 77.3 Å².